The number of Topliss-reactive ketones (excluding diaryl/α,β-unsaturated/α-hetero) is 1. The molecular formula is C35H36BrCuN6O2PS2. The molecule has 0 amide bonds. The molecule has 0 fully saturated rings. The zero-order chi connectivity index (χ0) is 32.8. The van der Waals surface area contributed by atoms with Gasteiger partial charge in [0.15, 0.2) is 12.1 Å². The van der Waals surface area contributed by atoms with Crippen LogP contribution in [0.1, 0.15) is 29.8 Å². The molecule has 2 N–H and O–H groups in total. The Morgan fingerprint density at radius 1 is 0.688 bits per heavy atom. The van der Waals surface area contributed by atoms with Crippen molar-refractivity contribution in [1.82, 2.24) is 10.6 Å². The van der Waals surface area contributed by atoms with Crippen LogP contribution in [-0.4, -0.2) is 54.1 Å². The summed E-state index contributed by atoms with van der Waals surface area (Å²) in [5, 5.41) is 26.9. The Kier molecular flexibility index (Phi) is 17.8. The number of hydrogen-bond donors (Lipinski definition) is 2. The quantitative estimate of drug-likeness (QED) is 0.0311. The summed E-state index contributed by atoms with van der Waals surface area (Å²) in [6.07, 6.45) is 0.536. The first-order valence-electron chi connectivity index (χ1n) is 14.6. The van der Waals surface area contributed by atoms with E-state index < -0.39 is 7.26 Å². The molecule has 0 aliphatic rings. The van der Waals surface area contributed by atoms with Crippen LogP contribution in [0.15, 0.2) is 136 Å². The molecule has 0 saturated heterocycles. The van der Waals surface area contributed by atoms with Crippen molar-refractivity contribution in [3.63, 3.8) is 0 Å². The number of ether oxygens (including phenoxy) is 1. The number of halogens is 1. The molecule has 0 saturated carbocycles. The van der Waals surface area contributed by atoms with Crippen molar-refractivity contribution in [1.29, 1.82) is 0 Å². The molecular weight excluding hydrogens is 775 g/mol. The molecule has 48 heavy (non-hydrogen) atoms. The second-order valence-corrected chi connectivity index (χ2v) is 14.3. The molecule has 0 aliphatic heterocycles. The van der Waals surface area contributed by atoms with Gasteiger partial charge in [-0.1, -0.05) is 78.9 Å². The Morgan fingerprint density at radius 2 is 1.15 bits per heavy atom. The van der Waals surface area contributed by atoms with E-state index in [9.17, 15) is 4.79 Å². The van der Waals surface area contributed by atoms with Crippen molar-refractivity contribution in [2.75, 3.05) is 26.5 Å². The van der Waals surface area contributed by atoms with Gasteiger partial charge in [-0.15, -0.1) is 5.10 Å². The van der Waals surface area contributed by atoms with Gasteiger partial charge in [0.25, 0.3) is 0 Å². The van der Waals surface area contributed by atoms with Crippen LogP contribution in [0.2, 0.25) is 0 Å². The van der Waals surface area contributed by atoms with Crippen molar-refractivity contribution >= 4 is 76.0 Å². The minimum Gasteiger partial charge on any atom is -1.00 e. The van der Waals surface area contributed by atoms with E-state index in [0.29, 0.717) is 42.0 Å². The third-order valence-electron chi connectivity index (χ3n) is 7.05. The van der Waals surface area contributed by atoms with E-state index >= 15 is 0 Å². The summed E-state index contributed by atoms with van der Waals surface area (Å²) in [5.41, 5.74) is 2.22. The summed E-state index contributed by atoms with van der Waals surface area (Å²) in [7, 11) is -0.425. The maximum absolute atomic E-state index is 11.7. The van der Waals surface area contributed by atoms with Gasteiger partial charge < -0.3 is 57.6 Å². The third kappa shape index (κ3) is 11.1. The first-order chi connectivity index (χ1) is 22.3. The first kappa shape index (κ1) is 40.8. The number of carbonyl (C=O) groups is 1. The van der Waals surface area contributed by atoms with Crippen molar-refractivity contribution in [3.8, 4) is 0 Å². The summed E-state index contributed by atoms with van der Waals surface area (Å²) < 4.78 is 6.40. The standard InChI is InChI=1S/C35H37N6O2PS2.BrH.Cu/c1-26(33(39-40-34(45)36-3)29-21-19-28(20-22-29)27(2)42)38-41-35(46)37-23-24-43-25-44(30-13-7-4-8-14-30,31-15-9-5-10-16-31)32-17-11-6-12-18-32;;/h4-22H,23-25H2,1-3H3,(H3-,36,37,38,39,40,41,42,45,46);1H;/q;;+2/p-2. The number of amidine groups is 2. The number of hydrogen-bond acceptors (Lipinski definition) is 8. The molecule has 8 nitrogen and oxygen atoms in total. The monoisotopic (exact) mass is 809 g/mol. The Labute approximate surface area is 315 Å². The predicted molar refractivity (Wildman–Crippen MR) is 199 cm³/mol. The fourth-order valence-electron chi connectivity index (χ4n) is 4.70. The summed E-state index contributed by atoms with van der Waals surface area (Å²) >= 11 is 10.5. The van der Waals surface area contributed by atoms with Gasteiger partial charge in [-0.3, -0.25) is 4.79 Å². The van der Waals surface area contributed by atoms with Crippen LogP contribution in [0, 0.1) is 0 Å². The van der Waals surface area contributed by atoms with Crippen molar-refractivity contribution in [2.45, 2.75) is 13.8 Å². The van der Waals surface area contributed by atoms with Gasteiger partial charge in [0, 0.05) is 24.7 Å². The number of nitrogens with zero attached hydrogens (tertiary/aromatic N) is 4. The second kappa shape index (κ2) is 20.9. The predicted octanol–water partition coefficient (Wildman–Crippen LogP) is 1.55. The number of nitrogens with one attached hydrogen (secondary N) is 2. The van der Waals surface area contributed by atoms with Gasteiger partial charge in [-0.05, 0) is 60.6 Å². The molecule has 1 radical (unpaired) electrons. The summed E-state index contributed by atoms with van der Waals surface area (Å²) in [4.78, 5) is 11.7. The molecule has 0 bridgehead atoms. The molecule has 0 heterocycles. The van der Waals surface area contributed by atoms with Crippen LogP contribution < -0.4 is 43.5 Å². The average Bonchev–Trinajstić information content (AvgIpc) is 3.10. The Bertz CT molecular complexity index is 1620. The number of benzene rings is 4. The average molecular weight is 811 g/mol. The molecule has 0 spiro atoms. The normalized spacial score (nSPS) is 12.4. The Balaban J connectivity index is 0.00000400. The molecule has 4 aromatic rings. The van der Waals surface area contributed by atoms with E-state index in [0.717, 1.165) is 0 Å². The van der Waals surface area contributed by atoms with Gasteiger partial charge in [-0.25, -0.2) is 0 Å². The van der Waals surface area contributed by atoms with Crippen LogP contribution in [0.3, 0.4) is 0 Å². The molecule has 0 atom stereocenters. The Hall–Kier alpha value is -3.34. The van der Waals surface area contributed by atoms with Crippen LogP contribution in [0.4, 0.5) is 0 Å². The molecule has 0 unspecified atom stereocenters. The minimum atomic E-state index is -2.09. The maximum atomic E-state index is 11.7. The molecule has 13 heteroatoms. The van der Waals surface area contributed by atoms with Crippen LogP contribution in [0.25, 0.3) is 0 Å². The molecule has 4 rings (SSSR count). The van der Waals surface area contributed by atoms with Gasteiger partial charge >= 0.3 is 17.1 Å². The summed E-state index contributed by atoms with van der Waals surface area (Å²) in [5.74, 6) is -0.0281. The summed E-state index contributed by atoms with van der Waals surface area (Å²) in [6, 6.07) is 38.8. The minimum absolute atomic E-state index is 0. The topological polar surface area (TPSA) is 99.8 Å². The second-order valence-electron chi connectivity index (χ2n) is 10.1. The number of carbonyl (C=O) groups excluding carboxylic acids is 1. The number of ketones is 1. The molecule has 0 aromatic heterocycles. The van der Waals surface area contributed by atoms with Crippen molar-refractivity contribution in [2.24, 2.45) is 20.4 Å². The van der Waals surface area contributed by atoms with Gasteiger partial charge in [0.05, 0.1) is 12.3 Å². The fourth-order valence-corrected chi connectivity index (χ4v) is 8.67. The van der Waals surface area contributed by atoms with E-state index in [1.807, 2.05) is 18.2 Å². The van der Waals surface area contributed by atoms with E-state index in [4.69, 9.17) is 30.0 Å². The largest absolute Gasteiger partial charge is 2.00 e. The zero-order valence-corrected chi connectivity index (χ0v) is 31.7. The first-order valence-corrected chi connectivity index (χ1v) is 17.4. The van der Waals surface area contributed by atoms with Crippen LogP contribution in [0.5, 0.6) is 0 Å². The van der Waals surface area contributed by atoms with Gasteiger partial charge in [-0.2, -0.15) is 15.3 Å². The fraction of sp³-hybridized carbons (Fsp3) is 0.171. The van der Waals surface area contributed by atoms with Crippen LogP contribution >= 0.6 is 7.26 Å². The third-order valence-corrected chi connectivity index (χ3v) is 11.7. The van der Waals surface area contributed by atoms with E-state index in [1.165, 1.54) is 22.8 Å². The van der Waals surface area contributed by atoms with E-state index in [2.05, 4.69) is 104 Å². The maximum Gasteiger partial charge on any atom is 2.00 e. The Morgan fingerprint density at radius 3 is 1.60 bits per heavy atom. The smallest absolute Gasteiger partial charge is 1.00 e. The summed E-state index contributed by atoms with van der Waals surface area (Å²) in [6.45, 7) is 4.14. The number of rotatable bonds is 13. The van der Waals surface area contributed by atoms with Crippen molar-refractivity contribution < 1.29 is 43.6 Å². The SMILES string of the molecule is CNC([S-])=NN=C(C(C)=NN=C([S-])NCCOC[P+](c1ccccc1)(c1ccccc1)c1ccccc1)c1ccc(C(C)=O)cc1.[Br-].[Cu+2]. The van der Waals surface area contributed by atoms with E-state index in [1.54, 1.807) is 38.2 Å². The van der Waals surface area contributed by atoms with Crippen molar-refractivity contribution in [3.05, 3.63) is 126 Å². The van der Waals surface area contributed by atoms with E-state index in [-0.39, 0.29) is 50.2 Å². The zero-order valence-electron chi connectivity index (χ0n) is 26.6. The molecule has 4 aromatic carbocycles. The van der Waals surface area contributed by atoms with Gasteiger partial charge in [0.2, 0.25) is 0 Å². The van der Waals surface area contributed by atoms with Crippen LogP contribution in [-0.2, 0) is 47.1 Å². The molecule has 0 aliphatic carbocycles. The molecule has 253 valence electrons. The van der Waals surface area contributed by atoms with Gasteiger partial charge in [0.1, 0.15) is 28.9 Å².